The number of aliphatic hydroxyl groups excluding tert-OH is 1. The summed E-state index contributed by atoms with van der Waals surface area (Å²) in [6.07, 6.45) is 63.8. The Labute approximate surface area is 632 Å². The largest absolute Gasteiger partial charge is 0.472 e. The van der Waals surface area contributed by atoms with Gasteiger partial charge in [0, 0.05) is 25.7 Å². The molecule has 0 aromatic rings. The lowest BCUT2D eigenvalue weighted by molar-refractivity contribution is -0.161. The average molecular weight is 1510 g/mol. The van der Waals surface area contributed by atoms with Crippen molar-refractivity contribution in [2.45, 2.75) is 458 Å². The third-order valence-corrected chi connectivity index (χ3v) is 22.3. The van der Waals surface area contributed by atoms with Crippen LogP contribution in [0.2, 0.25) is 0 Å². The zero-order valence-corrected chi connectivity index (χ0v) is 69.6. The highest BCUT2D eigenvalue weighted by Crippen LogP contribution is 2.45. The van der Waals surface area contributed by atoms with Gasteiger partial charge in [-0.3, -0.25) is 37.3 Å². The van der Waals surface area contributed by atoms with E-state index in [2.05, 4.69) is 48.5 Å². The molecule has 3 N–H and O–H groups in total. The van der Waals surface area contributed by atoms with Crippen molar-refractivity contribution in [2.24, 2.45) is 17.8 Å². The van der Waals surface area contributed by atoms with E-state index in [1.165, 1.54) is 244 Å². The third kappa shape index (κ3) is 75.3. The van der Waals surface area contributed by atoms with Crippen molar-refractivity contribution in [3.8, 4) is 0 Å². The molecule has 0 amide bonds. The molecule has 103 heavy (non-hydrogen) atoms. The summed E-state index contributed by atoms with van der Waals surface area (Å²) in [6.45, 7) is 12.0. The molecule has 0 aliphatic rings. The normalized spacial score (nSPS) is 14.4. The molecule has 0 aliphatic carbocycles. The van der Waals surface area contributed by atoms with Crippen LogP contribution in [0.3, 0.4) is 0 Å². The fraction of sp³-hybridized carbons (Fsp3) is 0.952. The number of aliphatic hydroxyl groups is 1. The first-order valence-electron chi connectivity index (χ1n) is 43.4. The van der Waals surface area contributed by atoms with E-state index in [0.717, 1.165) is 114 Å². The van der Waals surface area contributed by atoms with Gasteiger partial charge in [0.05, 0.1) is 26.4 Å². The summed E-state index contributed by atoms with van der Waals surface area (Å²) in [7, 11) is -9.92. The number of carbonyl (C=O) groups excluding carboxylic acids is 4. The smallest absolute Gasteiger partial charge is 0.462 e. The van der Waals surface area contributed by atoms with Crippen LogP contribution < -0.4 is 0 Å². The highest BCUT2D eigenvalue weighted by Gasteiger charge is 2.30. The van der Waals surface area contributed by atoms with Gasteiger partial charge in [0.2, 0.25) is 0 Å². The van der Waals surface area contributed by atoms with Gasteiger partial charge in [-0.2, -0.15) is 0 Å². The second-order valence-corrected chi connectivity index (χ2v) is 34.1. The molecule has 17 nitrogen and oxygen atoms in total. The lowest BCUT2D eigenvalue weighted by atomic mass is 9.99. The molecular formula is C84H164O17P2. The fourth-order valence-corrected chi connectivity index (χ4v) is 14.5. The summed E-state index contributed by atoms with van der Waals surface area (Å²) in [6, 6.07) is 0. The van der Waals surface area contributed by atoms with Gasteiger partial charge in [-0.1, -0.05) is 389 Å². The summed E-state index contributed by atoms with van der Waals surface area (Å²) in [5, 5.41) is 10.7. The summed E-state index contributed by atoms with van der Waals surface area (Å²) in [5.41, 5.74) is 0. The Morgan fingerprint density at radius 2 is 0.495 bits per heavy atom. The van der Waals surface area contributed by atoms with Gasteiger partial charge < -0.3 is 33.8 Å². The number of rotatable bonds is 82. The fourth-order valence-electron chi connectivity index (χ4n) is 13.0. The van der Waals surface area contributed by atoms with Gasteiger partial charge in [0.25, 0.3) is 0 Å². The Hall–Kier alpha value is -1.94. The van der Waals surface area contributed by atoms with Gasteiger partial charge in [-0.05, 0) is 43.4 Å². The molecule has 0 rings (SSSR count). The van der Waals surface area contributed by atoms with E-state index in [0.29, 0.717) is 25.7 Å². The lowest BCUT2D eigenvalue weighted by Gasteiger charge is -2.21. The van der Waals surface area contributed by atoms with Crippen molar-refractivity contribution in [3.05, 3.63) is 0 Å². The van der Waals surface area contributed by atoms with Gasteiger partial charge >= 0.3 is 39.5 Å². The zero-order valence-electron chi connectivity index (χ0n) is 67.8. The Morgan fingerprint density at radius 3 is 0.738 bits per heavy atom. The molecule has 0 bridgehead atoms. The molecule has 0 heterocycles. The quantitative estimate of drug-likeness (QED) is 0.0222. The predicted molar refractivity (Wildman–Crippen MR) is 423 cm³/mol. The van der Waals surface area contributed by atoms with Crippen LogP contribution in [-0.2, 0) is 65.4 Å². The molecule has 0 fully saturated rings. The van der Waals surface area contributed by atoms with Crippen molar-refractivity contribution >= 4 is 39.5 Å². The number of esters is 4. The van der Waals surface area contributed by atoms with Gasteiger partial charge in [0.1, 0.15) is 19.3 Å². The maximum Gasteiger partial charge on any atom is 0.472 e. The van der Waals surface area contributed by atoms with Crippen molar-refractivity contribution < 1.29 is 80.2 Å². The average Bonchev–Trinajstić information content (AvgIpc) is 0.919. The van der Waals surface area contributed by atoms with E-state index in [9.17, 15) is 43.2 Å². The van der Waals surface area contributed by atoms with Crippen molar-refractivity contribution in [1.29, 1.82) is 0 Å². The van der Waals surface area contributed by atoms with Crippen LogP contribution in [0, 0.1) is 17.8 Å². The summed E-state index contributed by atoms with van der Waals surface area (Å²) in [5.74, 6) is 0.294. The molecule has 4 unspecified atom stereocenters. The number of hydrogen-bond acceptors (Lipinski definition) is 15. The van der Waals surface area contributed by atoms with Gasteiger partial charge in [-0.15, -0.1) is 0 Å². The van der Waals surface area contributed by atoms with Gasteiger partial charge in [0.15, 0.2) is 12.2 Å². The molecule has 0 aromatic carbocycles. The predicted octanol–water partition coefficient (Wildman–Crippen LogP) is 25.3. The maximum atomic E-state index is 13.1. The standard InChI is InChI=1S/C84H164O17P2/c1-8-11-12-13-14-15-16-17-28-34-39-44-53-60-67-84(89)101-80(72-95-82(87)66-59-52-47-46-50-57-64-77(7)10-3)74-99-103(92,93)97-70-78(85)69-96-102(90,91)98-73-79(71-94-81(86)65-58-51-43-38-33-29-25-24-26-31-36-41-48-55-62-75(4)5)100-83(88)68-61-54-45-40-35-30-23-21-19-18-20-22-27-32-37-42-49-56-63-76(6)9-2/h75-80,85H,8-74H2,1-7H3,(H,90,91)(H,92,93)/t76?,77?,78-,79-,80-/m1/s1. The summed E-state index contributed by atoms with van der Waals surface area (Å²) >= 11 is 0. The highest BCUT2D eigenvalue weighted by atomic mass is 31.2. The molecule has 0 aromatic heterocycles. The minimum absolute atomic E-state index is 0.107. The monoisotopic (exact) mass is 1510 g/mol. The number of hydrogen-bond donors (Lipinski definition) is 3. The zero-order chi connectivity index (χ0) is 75.8. The molecule has 0 radical (unpaired) electrons. The van der Waals surface area contributed by atoms with E-state index in [1.807, 2.05) is 0 Å². The first-order valence-corrected chi connectivity index (χ1v) is 46.4. The summed E-state index contributed by atoms with van der Waals surface area (Å²) < 4.78 is 68.8. The Bertz CT molecular complexity index is 2000. The van der Waals surface area contributed by atoms with Crippen LogP contribution in [0.25, 0.3) is 0 Å². The van der Waals surface area contributed by atoms with Crippen LogP contribution >= 0.6 is 15.6 Å². The molecular weight excluding hydrogens is 1340 g/mol. The molecule has 0 saturated heterocycles. The van der Waals surface area contributed by atoms with Crippen LogP contribution in [0.15, 0.2) is 0 Å². The highest BCUT2D eigenvalue weighted by molar-refractivity contribution is 7.47. The van der Waals surface area contributed by atoms with Crippen molar-refractivity contribution in [1.82, 2.24) is 0 Å². The first-order chi connectivity index (χ1) is 49.8. The molecule has 612 valence electrons. The molecule has 0 saturated carbocycles. The van der Waals surface area contributed by atoms with E-state index < -0.39 is 97.5 Å². The first kappa shape index (κ1) is 101. The lowest BCUT2D eigenvalue weighted by Crippen LogP contribution is -2.30. The van der Waals surface area contributed by atoms with Crippen molar-refractivity contribution in [2.75, 3.05) is 39.6 Å². The summed E-state index contributed by atoms with van der Waals surface area (Å²) in [4.78, 5) is 73.1. The molecule has 7 atom stereocenters. The third-order valence-electron chi connectivity index (χ3n) is 20.4. The second-order valence-electron chi connectivity index (χ2n) is 31.2. The van der Waals surface area contributed by atoms with Gasteiger partial charge in [-0.25, -0.2) is 9.13 Å². The Morgan fingerprint density at radius 1 is 0.282 bits per heavy atom. The second kappa shape index (κ2) is 74.2. The Balaban J connectivity index is 5.22. The minimum atomic E-state index is -4.96. The van der Waals surface area contributed by atoms with Crippen molar-refractivity contribution in [3.63, 3.8) is 0 Å². The van der Waals surface area contributed by atoms with Crippen LogP contribution in [0.1, 0.15) is 440 Å². The van der Waals surface area contributed by atoms with Crippen LogP contribution in [0.4, 0.5) is 0 Å². The maximum absolute atomic E-state index is 13.1. The van der Waals surface area contributed by atoms with Crippen LogP contribution in [0.5, 0.6) is 0 Å². The van der Waals surface area contributed by atoms with E-state index in [-0.39, 0.29) is 25.7 Å². The minimum Gasteiger partial charge on any atom is -0.462 e. The number of carbonyl (C=O) groups is 4. The number of phosphoric acid groups is 2. The Kier molecular flexibility index (Phi) is 72.8. The number of phosphoric ester groups is 2. The molecule has 0 aliphatic heterocycles. The van der Waals surface area contributed by atoms with Crippen LogP contribution in [-0.4, -0.2) is 96.7 Å². The molecule has 19 heteroatoms. The number of unbranched alkanes of at least 4 members (excludes halogenated alkanes) is 48. The van der Waals surface area contributed by atoms with E-state index in [4.69, 9.17) is 37.0 Å². The number of ether oxygens (including phenoxy) is 4. The topological polar surface area (TPSA) is 237 Å². The SMILES string of the molecule is CCCCCCCCCCCCCCCCC(=O)O[C@H](COC(=O)CCCCCCCCC(C)CC)COP(=O)(O)OC[C@H](O)COP(=O)(O)OC[C@@H](COC(=O)CCCCCCCCCCCCCCCCC(C)C)OC(=O)CCCCCCCCCCCCCCCCCCCCC(C)CC. The molecule has 0 spiro atoms. The van der Waals surface area contributed by atoms with E-state index in [1.54, 1.807) is 0 Å². The van der Waals surface area contributed by atoms with E-state index >= 15 is 0 Å².